The largest absolute Gasteiger partial charge is 0.468 e. The summed E-state index contributed by atoms with van der Waals surface area (Å²) < 4.78 is 4.59. The fourth-order valence-corrected chi connectivity index (χ4v) is 2.07. The molecule has 4 nitrogen and oxygen atoms in total. The van der Waals surface area contributed by atoms with Gasteiger partial charge in [0.1, 0.15) is 6.10 Å². The molecule has 0 spiro atoms. The highest BCUT2D eigenvalue weighted by molar-refractivity contribution is 6.16. The quantitative estimate of drug-likeness (QED) is 0.568. The van der Waals surface area contributed by atoms with Gasteiger partial charge in [-0.15, -0.1) is 0 Å². The van der Waals surface area contributed by atoms with E-state index in [1.807, 2.05) is 0 Å². The molecule has 0 saturated carbocycles. The molecule has 0 radical (unpaired) electrons. The second-order valence-corrected chi connectivity index (χ2v) is 4.01. The fourth-order valence-electron chi connectivity index (χ4n) is 2.07. The molecule has 1 N–H and O–H groups in total. The van der Waals surface area contributed by atoms with Gasteiger partial charge < -0.3 is 9.84 Å². The Balaban J connectivity index is 2.58. The highest BCUT2D eigenvalue weighted by Gasteiger charge is 2.55. The number of fused-ring (bicyclic) bond motifs is 1. The number of carbonyl (C=O) groups excluding carboxylic acids is 2. The topological polar surface area (TPSA) is 63.6 Å². The van der Waals surface area contributed by atoms with E-state index in [0.29, 0.717) is 11.1 Å². The summed E-state index contributed by atoms with van der Waals surface area (Å²) in [7, 11) is 1.20. The first-order valence-electron chi connectivity index (χ1n) is 4.93. The minimum Gasteiger partial charge on any atom is -0.468 e. The van der Waals surface area contributed by atoms with Gasteiger partial charge >= 0.3 is 5.97 Å². The lowest BCUT2D eigenvalue weighted by molar-refractivity contribution is -0.154. The van der Waals surface area contributed by atoms with E-state index >= 15 is 0 Å². The van der Waals surface area contributed by atoms with Gasteiger partial charge in [0, 0.05) is 5.56 Å². The number of ketones is 1. The monoisotopic (exact) mass is 220 g/mol. The van der Waals surface area contributed by atoms with E-state index in [0.717, 1.165) is 0 Å². The van der Waals surface area contributed by atoms with E-state index in [9.17, 15) is 14.7 Å². The summed E-state index contributed by atoms with van der Waals surface area (Å²) in [6.45, 7) is 1.41. The zero-order valence-electron chi connectivity index (χ0n) is 9.06. The molecule has 84 valence electrons. The lowest BCUT2D eigenvalue weighted by Crippen LogP contribution is -2.38. The second-order valence-electron chi connectivity index (χ2n) is 4.01. The molecule has 1 aromatic carbocycles. The summed E-state index contributed by atoms with van der Waals surface area (Å²) in [5, 5.41) is 10.1. The van der Waals surface area contributed by atoms with Crippen LogP contribution in [0.1, 0.15) is 28.9 Å². The van der Waals surface area contributed by atoms with Gasteiger partial charge in [-0.3, -0.25) is 9.59 Å². The molecular formula is C12H12O4. The predicted octanol–water partition coefficient (Wildman–Crippen LogP) is 1.10. The Hall–Kier alpha value is -1.68. The van der Waals surface area contributed by atoms with E-state index in [-0.39, 0.29) is 5.78 Å². The van der Waals surface area contributed by atoms with Gasteiger partial charge in [-0.1, -0.05) is 24.3 Å². The molecule has 0 saturated heterocycles. The van der Waals surface area contributed by atoms with E-state index in [4.69, 9.17) is 0 Å². The molecule has 0 aliphatic heterocycles. The molecule has 4 heteroatoms. The number of esters is 1. The van der Waals surface area contributed by atoms with Crippen LogP contribution in [0.25, 0.3) is 0 Å². The lowest BCUT2D eigenvalue weighted by Gasteiger charge is -2.23. The van der Waals surface area contributed by atoms with Crippen molar-refractivity contribution < 1.29 is 19.4 Å². The maximum Gasteiger partial charge on any atom is 0.322 e. The van der Waals surface area contributed by atoms with Crippen molar-refractivity contribution in [1.29, 1.82) is 0 Å². The third-order valence-electron chi connectivity index (χ3n) is 3.13. The zero-order valence-corrected chi connectivity index (χ0v) is 9.06. The number of benzene rings is 1. The summed E-state index contributed by atoms with van der Waals surface area (Å²) in [6, 6.07) is 6.67. The first kappa shape index (κ1) is 10.8. The Morgan fingerprint density at radius 3 is 2.62 bits per heavy atom. The maximum atomic E-state index is 12.1. The summed E-state index contributed by atoms with van der Waals surface area (Å²) in [5.41, 5.74) is -0.637. The molecule has 2 atom stereocenters. The Labute approximate surface area is 92.8 Å². The molecule has 0 heterocycles. The molecule has 1 aliphatic carbocycles. The van der Waals surface area contributed by atoms with Crippen LogP contribution in [0.5, 0.6) is 0 Å². The molecule has 2 rings (SSSR count). The number of rotatable bonds is 1. The molecule has 0 amide bonds. The highest BCUT2D eigenvalue weighted by atomic mass is 16.5. The zero-order chi connectivity index (χ0) is 11.9. The summed E-state index contributed by atoms with van der Waals surface area (Å²) in [5.74, 6) is -1.09. The number of Topliss-reactive ketones (excluding diaryl/α,β-unsaturated/α-hetero) is 1. The fraction of sp³-hybridized carbons (Fsp3) is 0.333. The third-order valence-corrected chi connectivity index (χ3v) is 3.13. The van der Waals surface area contributed by atoms with Gasteiger partial charge in [-0.05, 0) is 12.5 Å². The number of aliphatic hydroxyl groups is 1. The van der Waals surface area contributed by atoms with Gasteiger partial charge in [0.2, 0.25) is 0 Å². The molecule has 0 bridgehead atoms. The molecule has 0 fully saturated rings. The normalized spacial score (nSPS) is 27.7. The van der Waals surface area contributed by atoms with Crippen LogP contribution in [-0.4, -0.2) is 24.0 Å². The number of hydrogen-bond donors (Lipinski definition) is 1. The number of methoxy groups -OCH3 is 1. The molecule has 1 aliphatic rings. The van der Waals surface area contributed by atoms with Crippen LogP contribution >= 0.6 is 0 Å². The van der Waals surface area contributed by atoms with Crippen LogP contribution in [0.15, 0.2) is 24.3 Å². The smallest absolute Gasteiger partial charge is 0.322 e. The average Bonchev–Trinajstić information content (AvgIpc) is 2.52. The Morgan fingerprint density at radius 1 is 1.44 bits per heavy atom. The van der Waals surface area contributed by atoms with Crippen LogP contribution in [0, 0.1) is 5.41 Å². The number of carbonyl (C=O) groups is 2. The minimum atomic E-state index is -1.52. The van der Waals surface area contributed by atoms with Crippen molar-refractivity contribution in [2.24, 2.45) is 5.41 Å². The standard InChI is InChI=1S/C12H12O4/c1-12(11(15)16-2)9(13)7-5-3-4-6-8(7)10(12)14/h3-6,9,13H,1-2H3/t9-,12-/m0/s1. The van der Waals surface area contributed by atoms with Crippen LogP contribution in [0.2, 0.25) is 0 Å². The van der Waals surface area contributed by atoms with Crippen LogP contribution in [0.3, 0.4) is 0 Å². The Kier molecular flexibility index (Phi) is 2.31. The van der Waals surface area contributed by atoms with Crippen molar-refractivity contribution in [2.75, 3.05) is 7.11 Å². The number of ether oxygens (including phenoxy) is 1. The molecular weight excluding hydrogens is 208 g/mol. The molecule has 1 aromatic rings. The first-order valence-corrected chi connectivity index (χ1v) is 4.93. The van der Waals surface area contributed by atoms with E-state index < -0.39 is 17.5 Å². The lowest BCUT2D eigenvalue weighted by atomic mass is 9.84. The maximum absolute atomic E-state index is 12.1. The van der Waals surface area contributed by atoms with Crippen molar-refractivity contribution in [3.05, 3.63) is 35.4 Å². The van der Waals surface area contributed by atoms with Crippen molar-refractivity contribution in [2.45, 2.75) is 13.0 Å². The van der Waals surface area contributed by atoms with Gasteiger partial charge in [0.25, 0.3) is 0 Å². The highest BCUT2D eigenvalue weighted by Crippen LogP contribution is 2.45. The van der Waals surface area contributed by atoms with Crippen molar-refractivity contribution in [3.63, 3.8) is 0 Å². The second kappa shape index (κ2) is 3.42. The molecule has 0 aromatic heterocycles. The van der Waals surface area contributed by atoms with Crippen LogP contribution in [-0.2, 0) is 9.53 Å². The van der Waals surface area contributed by atoms with E-state index in [1.165, 1.54) is 14.0 Å². The van der Waals surface area contributed by atoms with E-state index in [1.54, 1.807) is 24.3 Å². The van der Waals surface area contributed by atoms with Gasteiger partial charge in [-0.2, -0.15) is 0 Å². The van der Waals surface area contributed by atoms with Gasteiger partial charge in [0.15, 0.2) is 11.2 Å². The van der Waals surface area contributed by atoms with E-state index in [2.05, 4.69) is 4.74 Å². The minimum absolute atomic E-state index is 0.387. The summed E-state index contributed by atoms with van der Waals surface area (Å²) in [4.78, 5) is 23.7. The van der Waals surface area contributed by atoms with Crippen molar-refractivity contribution >= 4 is 11.8 Å². The Bertz CT molecular complexity index is 466. The third kappa shape index (κ3) is 1.13. The molecule has 16 heavy (non-hydrogen) atoms. The summed E-state index contributed by atoms with van der Waals surface area (Å²) >= 11 is 0. The predicted molar refractivity (Wildman–Crippen MR) is 55.9 cm³/mol. The number of aliphatic hydroxyl groups excluding tert-OH is 1. The van der Waals surface area contributed by atoms with Crippen molar-refractivity contribution in [3.8, 4) is 0 Å². The summed E-state index contributed by atoms with van der Waals surface area (Å²) in [6.07, 6.45) is -1.14. The first-order chi connectivity index (χ1) is 7.53. The average molecular weight is 220 g/mol. The van der Waals surface area contributed by atoms with Crippen LogP contribution in [0.4, 0.5) is 0 Å². The Morgan fingerprint density at radius 2 is 2.06 bits per heavy atom. The van der Waals surface area contributed by atoms with Gasteiger partial charge in [0.05, 0.1) is 7.11 Å². The van der Waals surface area contributed by atoms with Crippen LogP contribution < -0.4 is 0 Å². The van der Waals surface area contributed by atoms with Gasteiger partial charge in [-0.25, -0.2) is 0 Å². The van der Waals surface area contributed by atoms with Crippen molar-refractivity contribution in [1.82, 2.24) is 0 Å². The SMILES string of the molecule is COC(=O)[C@]1(C)C(=O)c2ccccc2[C@@H]1O. The number of hydrogen-bond acceptors (Lipinski definition) is 4. The molecule has 0 unspecified atom stereocenters.